The minimum atomic E-state index is -1.34. The van der Waals surface area contributed by atoms with Gasteiger partial charge in [-0.25, -0.2) is 8.78 Å². The molecule has 1 rings (SSSR count). The number of ketones is 1. The van der Waals surface area contributed by atoms with Crippen molar-refractivity contribution < 1.29 is 22.7 Å². The topological polar surface area (TPSA) is 52.3 Å². The first-order chi connectivity index (χ1) is 9.45. The molecule has 112 valence electrons. The largest absolute Gasteiger partial charge is 0.483 e. The molecular weight excluding hydrogens is 271 g/mol. The summed E-state index contributed by atoms with van der Waals surface area (Å²) in [5.41, 5.74) is 5.35. The van der Waals surface area contributed by atoms with Crippen LogP contribution < -0.4 is 10.5 Å². The molecule has 0 radical (unpaired) electrons. The number of halogens is 3. The number of carbonyl (C=O) groups excluding carboxylic acids is 1. The van der Waals surface area contributed by atoms with E-state index >= 15 is 0 Å². The Labute approximate surface area is 115 Å². The first kappa shape index (κ1) is 16.5. The molecule has 3 nitrogen and oxygen atoms in total. The van der Waals surface area contributed by atoms with E-state index in [1.165, 1.54) is 0 Å². The van der Waals surface area contributed by atoms with Gasteiger partial charge < -0.3 is 10.5 Å². The van der Waals surface area contributed by atoms with Crippen LogP contribution in [0.3, 0.4) is 0 Å². The summed E-state index contributed by atoms with van der Waals surface area (Å²) >= 11 is 0. The molecule has 20 heavy (non-hydrogen) atoms. The Hall–Kier alpha value is -1.56. The Balaban J connectivity index is 2.52. The number of hydrogen-bond acceptors (Lipinski definition) is 3. The van der Waals surface area contributed by atoms with E-state index in [9.17, 15) is 18.0 Å². The van der Waals surface area contributed by atoms with E-state index in [4.69, 9.17) is 10.5 Å². The second-order valence-corrected chi connectivity index (χ2v) is 4.64. The summed E-state index contributed by atoms with van der Waals surface area (Å²) in [6.45, 7) is 1.87. The van der Waals surface area contributed by atoms with Crippen LogP contribution in [-0.4, -0.2) is 18.9 Å². The van der Waals surface area contributed by atoms with E-state index in [0.717, 1.165) is 12.8 Å². The Morgan fingerprint density at radius 3 is 2.65 bits per heavy atom. The van der Waals surface area contributed by atoms with Crippen LogP contribution in [0.25, 0.3) is 0 Å². The van der Waals surface area contributed by atoms with Gasteiger partial charge in [0.2, 0.25) is 5.82 Å². The lowest BCUT2D eigenvalue weighted by molar-refractivity contribution is -0.124. The molecule has 0 fully saturated rings. The number of benzene rings is 1. The lowest BCUT2D eigenvalue weighted by Crippen LogP contribution is -2.20. The smallest absolute Gasteiger partial charge is 0.200 e. The molecule has 0 heterocycles. The highest BCUT2D eigenvalue weighted by Crippen LogP contribution is 2.22. The highest BCUT2D eigenvalue weighted by atomic mass is 19.2. The standard InChI is InChI=1S/C14H18F3NO2/c1-9(4-2-3-5-18)12(19)8-20-13-7-10(15)6-11(16)14(13)17/h6-7,9H,2-5,8,18H2,1H3/t9-/m0/s1. The third-order valence-electron chi connectivity index (χ3n) is 2.97. The van der Waals surface area contributed by atoms with Crippen molar-refractivity contribution in [3.63, 3.8) is 0 Å². The molecular formula is C14H18F3NO2. The van der Waals surface area contributed by atoms with Crippen LogP contribution in [0.1, 0.15) is 26.2 Å². The van der Waals surface area contributed by atoms with Crippen molar-refractivity contribution in [2.75, 3.05) is 13.2 Å². The van der Waals surface area contributed by atoms with Gasteiger partial charge in [0.25, 0.3) is 0 Å². The molecule has 1 aromatic rings. The summed E-state index contributed by atoms with van der Waals surface area (Å²) in [4.78, 5) is 11.7. The van der Waals surface area contributed by atoms with Gasteiger partial charge in [0, 0.05) is 18.1 Å². The predicted molar refractivity (Wildman–Crippen MR) is 68.9 cm³/mol. The average molecular weight is 289 g/mol. The number of Topliss-reactive ketones (excluding diaryl/α,β-unsaturated/α-hetero) is 1. The van der Waals surface area contributed by atoms with E-state index in [1.807, 2.05) is 0 Å². The lowest BCUT2D eigenvalue weighted by atomic mass is 10.00. The van der Waals surface area contributed by atoms with E-state index in [-0.39, 0.29) is 11.7 Å². The fourth-order valence-corrected chi connectivity index (χ4v) is 1.68. The molecule has 1 aromatic carbocycles. The van der Waals surface area contributed by atoms with Gasteiger partial charge in [0.05, 0.1) is 0 Å². The van der Waals surface area contributed by atoms with Crippen molar-refractivity contribution in [3.05, 3.63) is 29.6 Å². The van der Waals surface area contributed by atoms with E-state index in [0.29, 0.717) is 25.1 Å². The first-order valence-corrected chi connectivity index (χ1v) is 6.45. The second kappa shape index (κ2) is 7.89. The van der Waals surface area contributed by atoms with Crippen molar-refractivity contribution >= 4 is 5.78 Å². The fraction of sp³-hybridized carbons (Fsp3) is 0.500. The van der Waals surface area contributed by atoms with Gasteiger partial charge in [0.1, 0.15) is 12.4 Å². The lowest BCUT2D eigenvalue weighted by Gasteiger charge is -2.12. The highest BCUT2D eigenvalue weighted by molar-refractivity contribution is 5.82. The maximum absolute atomic E-state index is 13.3. The SMILES string of the molecule is C[C@@H](CCCCN)C(=O)COc1cc(F)cc(F)c1F. The summed E-state index contributed by atoms with van der Waals surface area (Å²) in [6, 6.07) is 1.13. The zero-order chi connectivity index (χ0) is 15.1. The average Bonchev–Trinajstić information content (AvgIpc) is 2.40. The Kier molecular flexibility index (Phi) is 6.51. The van der Waals surface area contributed by atoms with Crippen LogP contribution >= 0.6 is 0 Å². The maximum Gasteiger partial charge on any atom is 0.200 e. The fourth-order valence-electron chi connectivity index (χ4n) is 1.68. The van der Waals surface area contributed by atoms with E-state index in [2.05, 4.69) is 0 Å². The number of hydrogen-bond donors (Lipinski definition) is 1. The Bertz CT molecular complexity index is 466. The summed E-state index contributed by atoms with van der Waals surface area (Å²) in [5, 5.41) is 0. The van der Waals surface area contributed by atoms with E-state index < -0.39 is 29.8 Å². The molecule has 0 aliphatic carbocycles. The summed E-state index contributed by atoms with van der Waals surface area (Å²) < 4.78 is 44.0. The molecule has 2 N–H and O–H groups in total. The number of rotatable bonds is 8. The van der Waals surface area contributed by atoms with Crippen LogP contribution in [0, 0.1) is 23.4 Å². The van der Waals surface area contributed by atoms with Crippen LogP contribution in [-0.2, 0) is 4.79 Å². The maximum atomic E-state index is 13.3. The predicted octanol–water partition coefficient (Wildman–Crippen LogP) is 2.82. The number of ether oxygens (including phenoxy) is 1. The second-order valence-electron chi connectivity index (χ2n) is 4.64. The highest BCUT2D eigenvalue weighted by Gasteiger charge is 2.16. The molecule has 6 heteroatoms. The quantitative estimate of drug-likeness (QED) is 0.591. The molecule has 0 aromatic heterocycles. The van der Waals surface area contributed by atoms with Crippen LogP contribution in [0.2, 0.25) is 0 Å². The Morgan fingerprint density at radius 2 is 2.00 bits per heavy atom. The van der Waals surface area contributed by atoms with Gasteiger partial charge in [0.15, 0.2) is 17.3 Å². The van der Waals surface area contributed by atoms with Crippen molar-refractivity contribution in [2.24, 2.45) is 11.7 Å². The van der Waals surface area contributed by atoms with Gasteiger partial charge in [-0.1, -0.05) is 13.3 Å². The van der Waals surface area contributed by atoms with Gasteiger partial charge >= 0.3 is 0 Å². The molecule has 0 unspecified atom stereocenters. The van der Waals surface area contributed by atoms with Crippen molar-refractivity contribution in [2.45, 2.75) is 26.2 Å². The third-order valence-corrected chi connectivity index (χ3v) is 2.97. The zero-order valence-electron chi connectivity index (χ0n) is 11.3. The van der Waals surface area contributed by atoms with Crippen molar-refractivity contribution in [3.8, 4) is 5.75 Å². The summed E-state index contributed by atoms with van der Waals surface area (Å²) in [6.07, 6.45) is 2.29. The van der Waals surface area contributed by atoms with E-state index in [1.54, 1.807) is 6.92 Å². The van der Waals surface area contributed by atoms with Gasteiger partial charge in [-0.15, -0.1) is 0 Å². The van der Waals surface area contributed by atoms with Gasteiger partial charge in [-0.3, -0.25) is 4.79 Å². The normalized spacial score (nSPS) is 12.2. The summed E-state index contributed by atoms with van der Waals surface area (Å²) in [7, 11) is 0. The Morgan fingerprint density at radius 1 is 1.30 bits per heavy atom. The minimum absolute atomic E-state index is 0.244. The third kappa shape index (κ3) is 4.85. The van der Waals surface area contributed by atoms with Crippen molar-refractivity contribution in [1.82, 2.24) is 0 Å². The first-order valence-electron chi connectivity index (χ1n) is 6.45. The molecule has 0 aliphatic rings. The monoisotopic (exact) mass is 289 g/mol. The van der Waals surface area contributed by atoms with Crippen LogP contribution in [0.15, 0.2) is 12.1 Å². The van der Waals surface area contributed by atoms with Crippen LogP contribution in [0.4, 0.5) is 13.2 Å². The number of carbonyl (C=O) groups is 1. The molecule has 0 bridgehead atoms. The number of nitrogens with two attached hydrogens (primary N) is 1. The molecule has 0 aliphatic heterocycles. The minimum Gasteiger partial charge on any atom is -0.483 e. The molecule has 0 saturated carbocycles. The van der Waals surface area contributed by atoms with Crippen molar-refractivity contribution in [1.29, 1.82) is 0 Å². The zero-order valence-corrected chi connectivity index (χ0v) is 11.3. The molecule has 0 amide bonds. The summed E-state index contributed by atoms with van der Waals surface area (Å²) in [5.74, 6) is -4.69. The molecule has 0 spiro atoms. The van der Waals surface area contributed by atoms with Gasteiger partial charge in [-0.05, 0) is 19.4 Å². The van der Waals surface area contributed by atoms with Gasteiger partial charge in [-0.2, -0.15) is 4.39 Å². The van der Waals surface area contributed by atoms with Crippen LogP contribution in [0.5, 0.6) is 5.75 Å². The molecule has 0 saturated heterocycles. The molecule has 1 atom stereocenters. The number of unbranched alkanes of at least 4 members (excludes halogenated alkanes) is 1.